The van der Waals surface area contributed by atoms with Crippen molar-refractivity contribution in [3.63, 3.8) is 0 Å². The third-order valence-corrected chi connectivity index (χ3v) is 4.54. The molecule has 1 heterocycles. The van der Waals surface area contributed by atoms with Crippen LogP contribution in [0.15, 0.2) is 24.3 Å². The number of sulfonamides is 1. The van der Waals surface area contributed by atoms with Crippen molar-refractivity contribution in [3.8, 4) is 0 Å². The van der Waals surface area contributed by atoms with E-state index in [0.29, 0.717) is 31.5 Å². The Morgan fingerprint density at radius 3 is 2.70 bits per heavy atom. The summed E-state index contributed by atoms with van der Waals surface area (Å²) in [4.78, 5) is 25.0. The number of aryl methyl sites for hydroxylation is 1. The molecule has 0 saturated carbocycles. The largest absolute Gasteiger partial charge is 0.478 e. The molecular formula is C15H20N2O5S. The molecule has 1 aromatic rings. The van der Waals surface area contributed by atoms with Gasteiger partial charge in [-0.05, 0) is 24.5 Å². The van der Waals surface area contributed by atoms with Crippen LogP contribution in [0.5, 0.6) is 0 Å². The zero-order chi connectivity index (χ0) is 17.0. The molecule has 1 fully saturated rings. The standard InChI is InChI=1S/C15H20N2O5S/c1-23(21,22)16-12-8-9-17(10-12)14(18)7-6-11-4-2-3-5-13(11)15(19)20/h2-5,12,16H,6-10H2,1H3,(H,19,20). The number of nitrogens with zero attached hydrogens (tertiary/aromatic N) is 1. The Kier molecular flexibility index (Phi) is 5.38. The number of nitrogens with one attached hydrogen (secondary N) is 1. The fourth-order valence-electron chi connectivity index (χ4n) is 2.73. The molecule has 0 aliphatic carbocycles. The normalized spacial score (nSPS) is 18.1. The number of hydrogen-bond acceptors (Lipinski definition) is 4. The van der Waals surface area contributed by atoms with Crippen molar-refractivity contribution < 1.29 is 23.1 Å². The molecule has 1 saturated heterocycles. The maximum absolute atomic E-state index is 12.2. The lowest BCUT2D eigenvalue weighted by atomic mass is 10.0. The molecule has 1 aromatic carbocycles. The second-order valence-electron chi connectivity index (χ2n) is 5.68. The van der Waals surface area contributed by atoms with Gasteiger partial charge in [0.15, 0.2) is 0 Å². The van der Waals surface area contributed by atoms with Crippen molar-refractivity contribution in [2.24, 2.45) is 0 Å². The zero-order valence-corrected chi connectivity index (χ0v) is 13.7. The minimum atomic E-state index is -3.28. The molecule has 1 aliphatic rings. The fourth-order valence-corrected chi connectivity index (χ4v) is 3.53. The fraction of sp³-hybridized carbons (Fsp3) is 0.467. The molecule has 8 heteroatoms. The van der Waals surface area contributed by atoms with Gasteiger partial charge in [-0.2, -0.15) is 0 Å². The van der Waals surface area contributed by atoms with E-state index in [1.54, 1.807) is 23.1 Å². The highest BCUT2D eigenvalue weighted by Gasteiger charge is 2.27. The molecule has 1 aliphatic heterocycles. The number of hydrogen-bond donors (Lipinski definition) is 2. The second kappa shape index (κ2) is 7.10. The molecule has 1 unspecified atom stereocenters. The third kappa shape index (κ3) is 5.04. The van der Waals surface area contributed by atoms with Crippen molar-refractivity contribution in [3.05, 3.63) is 35.4 Å². The summed E-state index contributed by atoms with van der Waals surface area (Å²) >= 11 is 0. The first-order valence-corrected chi connectivity index (χ1v) is 9.21. The van der Waals surface area contributed by atoms with E-state index in [1.165, 1.54) is 6.07 Å². The maximum Gasteiger partial charge on any atom is 0.335 e. The minimum absolute atomic E-state index is 0.0945. The summed E-state index contributed by atoms with van der Waals surface area (Å²) in [6, 6.07) is 6.36. The van der Waals surface area contributed by atoms with Crippen LogP contribution in [-0.4, -0.2) is 55.7 Å². The van der Waals surface area contributed by atoms with Crippen LogP contribution in [0.25, 0.3) is 0 Å². The van der Waals surface area contributed by atoms with Crippen molar-refractivity contribution in [1.82, 2.24) is 9.62 Å². The number of rotatable bonds is 6. The average molecular weight is 340 g/mol. The Hall–Kier alpha value is -1.93. The first-order chi connectivity index (χ1) is 10.8. The predicted octanol–water partition coefficient (Wildman–Crippen LogP) is 0.468. The van der Waals surface area contributed by atoms with Gasteiger partial charge in [-0.25, -0.2) is 17.9 Å². The Labute approximate surface area is 135 Å². The summed E-state index contributed by atoms with van der Waals surface area (Å²) in [5.41, 5.74) is 0.830. The topological polar surface area (TPSA) is 104 Å². The van der Waals surface area contributed by atoms with Crippen LogP contribution in [-0.2, 0) is 21.2 Å². The van der Waals surface area contributed by atoms with Gasteiger partial charge in [-0.3, -0.25) is 4.79 Å². The van der Waals surface area contributed by atoms with Crippen molar-refractivity contribution >= 4 is 21.9 Å². The smallest absolute Gasteiger partial charge is 0.335 e. The molecule has 7 nitrogen and oxygen atoms in total. The molecule has 2 N–H and O–H groups in total. The summed E-state index contributed by atoms with van der Waals surface area (Å²) in [7, 11) is -3.28. The zero-order valence-electron chi connectivity index (χ0n) is 12.9. The second-order valence-corrected chi connectivity index (χ2v) is 7.46. The Balaban J connectivity index is 1.90. The summed E-state index contributed by atoms with van der Waals surface area (Å²) in [5, 5.41) is 9.12. The van der Waals surface area contributed by atoms with Gasteiger partial charge >= 0.3 is 5.97 Å². The molecule has 1 amide bonds. The number of aromatic carboxylic acids is 1. The van der Waals surface area contributed by atoms with E-state index in [1.807, 2.05) is 0 Å². The quantitative estimate of drug-likeness (QED) is 0.783. The van der Waals surface area contributed by atoms with E-state index >= 15 is 0 Å². The van der Waals surface area contributed by atoms with E-state index in [4.69, 9.17) is 5.11 Å². The van der Waals surface area contributed by atoms with Crippen molar-refractivity contribution in [2.75, 3.05) is 19.3 Å². The minimum Gasteiger partial charge on any atom is -0.478 e. The molecule has 0 aromatic heterocycles. The molecule has 2 rings (SSSR count). The van der Waals surface area contributed by atoms with Crippen molar-refractivity contribution in [1.29, 1.82) is 0 Å². The number of benzene rings is 1. The maximum atomic E-state index is 12.2. The van der Waals surface area contributed by atoms with Crippen LogP contribution in [0, 0.1) is 0 Å². The van der Waals surface area contributed by atoms with Gasteiger partial charge in [0.25, 0.3) is 0 Å². The van der Waals surface area contributed by atoms with Gasteiger partial charge in [0.05, 0.1) is 11.8 Å². The van der Waals surface area contributed by atoms with Gasteiger partial charge in [-0.1, -0.05) is 18.2 Å². The van der Waals surface area contributed by atoms with Crippen LogP contribution in [0.3, 0.4) is 0 Å². The van der Waals surface area contributed by atoms with E-state index in [0.717, 1.165) is 6.26 Å². The predicted molar refractivity (Wildman–Crippen MR) is 84.7 cm³/mol. The van der Waals surface area contributed by atoms with Crippen LogP contribution < -0.4 is 4.72 Å². The lowest BCUT2D eigenvalue weighted by molar-refractivity contribution is -0.130. The Morgan fingerprint density at radius 1 is 1.35 bits per heavy atom. The molecule has 0 radical (unpaired) electrons. The van der Waals surface area contributed by atoms with Gasteiger partial charge in [-0.15, -0.1) is 0 Å². The van der Waals surface area contributed by atoms with E-state index in [2.05, 4.69) is 4.72 Å². The lowest BCUT2D eigenvalue weighted by Crippen LogP contribution is -2.37. The van der Waals surface area contributed by atoms with E-state index in [-0.39, 0.29) is 23.9 Å². The monoisotopic (exact) mass is 340 g/mol. The molecular weight excluding hydrogens is 320 g/mol. The summed E-state index contributed by atoms with van der Waals surface area (Å²) in [5.74, 6) is -1.10. The highest BCUT2D eigenvalue weighted by molar-refractivity contribution is 7.88. The highest BCUT2D eigenvalue weighted by atomic mass is 32.2. The SMILES string of the molecule is CS(=O)(=O)NC1CCN(C(=O)CCc2ccccc2C(=O)O)C1. The van der Waals surface area contributed by atoms with Gasteiger partial charge in [0.2, 0.25) is 15.9 Å². The summed E-state index contributed by atoms with van der Waals surface area (Å²) in [6.07, 6.45) is 2.24. The summed E-state index contributed by atoms with van der Waals surface area (Å²) in [6.45, 7) is 0.860. The Morgan fingerprint density at radius 2 is 2.04 bits per heavy atom. The Bertz CT molecular complexity index is 702. The molecule has 1 atom stereocenters. The van der Waals surface area contributed by atoms with Gasteiger partial charge in [0, 0.05) is 25.6 Å². The first kappa shape index (κ1) is 17.4. The van der Waals surface area contributed by atoms with Crippen molar-refractivity contribution in [2.45, 2.75) is 25.3 Å². The first-order valence-electron chi connectivity index (χ1n) is 7.32. The van der Waals surface area contributed by atoms with Crippen LogP contribution in [0.2, 0.25) is 0 Å². The van der Waals surface area contributed by atoms with Crippen LogP contribution in [0.1, 0.15) is 28.8 Å². The van der Waals surface area contributed by atoms with E-state index in [9.17, 15) is 18.0 Å². The number of carboxylic acids is 1. The summed E-state index contributed by atoms with van der Waals surface area (Å²) < 4.78 is 24.9. The molecule has 0 spiro atoms. The lowest BCUT2D eigenvalue weighted by Gasteiger charge is -2.17. The van der Waals surface area contributed by atoms with Crippen LogP contribution in [0.4, 0.5) is 0 Å². The number of carboxylic acid groups (broad SMARTS) is 1. The highest BCUT2D eigenvalue weighted by Crippen LogP contribution is 2.15. The molecule has 126 valence electrons. The number of carbonyl (C=O) groups is 2. The molecule has 0 bridgehead atoms. The van der Waals surface area contributed by atoms with Gasteiger partial charge in [0.1, 0.15) is 0 Å². The van der Waals surface area contributed by atoms with Crippen LogP contribution >= 0.6 is 0 Å². The molecule has 23 heavy (non-hydrogen) atoms. The van der Waals surface area contributed by atoms with E-state index < -0.39 is 16.0 Å². The number of carbonyl (C=O) groups excluding carboxylic acids is 1. The van der Waals surface area contributed by atoms with Gasteiger partial charge < -0.3 is 10.0 Å². The third-order valence-electron chi connectivity index (χ3n) is 3.78. The average Bonchev–Trinajstić information content (AvgIpc) is 2.91. The number of likely N-dealkylation sites (tertiary alicyclic amines) is 1. The number of amides is 1.